The van der Waals surface area contributed by atoms with Crippen molar-refractivity contribution in [2.24, 2.45) is 0 Å². The number of benzene rings is 3. The van der Waals surface area contributed by atoms with E-state index in [4.69, 9.17) is 4.74 Å². The van der Waals surface area contributed by atoms with E-state index >= 15 is 0 Å². The Morgan fingerprint density at radius 3 is 2.52 bits per heavy atom. The number of nitrogens with zero attached hydrogens (tertiary/aromatic N) is 1. The Kier molecular flexibility index (Phi) is 3.12. The molecular weight excluding hydrogens is 286 g/mol. The average molecular weight is 301 g/mol. The molecule has 1 aliphatic heterocycles. The van der Waals surface area contributed by atoms with Crippen molar-refractivity contribution in [2.75, 3.05) is 11.9 Å². The lowest BCUT2D eigenvalue weighted by Gasteiger charge is -2.10. The summed E-state index contributed by atoms with van der Waals surface area (Å²) in [6.07, 6.45) is 1.55. The maximum Gasteiger partial charge on any atom is 0.204 e. The Morgan fingerprint density at radius 2 is 1.70 bits per heavy atom. The van der Waals surface area contributed by atoms with E-state index in [2.05, 4.69) is 0 Å². The molecule has 0 N–H and O–H groups in total. The second-order valence-corrected chi connectivity index (χ2v) is 5.54. The maximum absolute atomic E-state index is 12.6. The number of ether oxygens (including phenoxy) is 1. The average Bonchev–Trinajstić information content (AvgIpc) is 2.91. The number of hydrogen-bond acceptors (Lipinski definition) is 3. The fourth-order valence-corrected chi connectivity index (χ4v) is 2.78. The van der Waals surface area contributed by atoms with Crippen LogP contribution in [0.5, 0.6) is 5.75 Å². The molecule has 0 spiro atoms. The lowest BCUT2D eigenvalue weighted by atomic mass is 10.0. The fourth-order valence-electron chi connectivity index (χ4n) is 2.78. The van der Waals surface area contributed by atoms with Gasteiger partial charge in [-0.2, -0.15) is 0 Å². The number of allylic oxidation sites excluding steroid dienone is 1. The molecule has 3 nitrogen and oxygen atoms in total. The highest BCUT2D eigenvalue weighted by Crippen LogP contribution is 2.37. The van der Waals surface area contributed by atoms with E-state index in [0.717, 1.165) is 22.2 Å². The first-order valence-electron chi connectivity index (χ1n) is 7.48. The van der Waals surface area contributed by atoms with Gasteiger partial charge in [0.1, 0.15) is 0 Å². The zero-order chi connectivity index (χ0) is 15.8. The molecular formula is C20H15NO2. The Hall–Kier alpha value is -3.07. The molecule has 23 heavy (non-hydrogen) atoms. The smallest absolute Gasteiger partial charge is 0.204 e. The number of fused-ring (bicyclic) bond motifs is 2. The third-order valence-corrected chi connectivity index (χ3v) is 4.06. The summed E-state index contributed by atoms with van der Waals surface area (Å²) in [6.45, 7) is 0. The molecule has 0 amide bonds. The Morgan fingerprint density at radius 1 is 0.957 bits per heavy atom. The van der Waals surface area contributed by atoms with Gasteiger partial charge in [-0.15, -0.1) is 0 Å². The molecule has 0 saturated heterocycles. The standard InChI is InChI=1S/C20H15NO2/c1-21-17-8-4-5-9-19(17)23-20(21)13-18(22)16-11-10-14-6-2-3-7-15(14)12-16/h2-13H,1H3/b20-13-. The summed E-state index contributed by atoms with van der Waals surface area (Å²) in [7, 11) is 1.89. The van der Waals surface area contributed by atoms with Crippen LogP contribution in [0.4, 0.5) is 5.69 Å². The summed E-state index contributed by atoms with van der Waals surface area (Å²) < 4.78 is 5.77. The molecule has 0 atom stereocenters. The fraction of sp³-hybridized carbons (Fsp3) is 0.0500. The van der Waals surface area contributed by atoms with Gasteiger partial charge in [0.25, 0.3) is 0 Å². The Balaban J connectivity index is 1.67. The zero-order valence-electron chi connectivity index (χ0n) is 12.7. The van der Waals surface area contributed by atoms with Crippen LogP contribution in [0.25, 0.3) is 10.8 Å². The molecule has 3 aromatic carbocycles. The summed E-state index contributed by atoms with van der Waals surface area (Å²) in [6, 6.07) is 21.5. The molecule has 4 rings (SSSR count). The number of ketones is 1. The van der Waals surface area contributed by atoms with Crippen LogP contribution in [0.1, 0.15) is 10.4 Å². The second kappa shape index (κ2) is 5.29. The molecule has 3 aromatic rings. The SMILES string of the molecule is CN1/C(=C/C(=O)c2ccc3ccccc3c2)Oc2ccccc21. The van der Waals surface area contributed by atoms with Crippen molar-refractivity contribution in [3.63, 3.8) is 0 Å². The Bertz CT molecular complexity index is 943. The van der Waals surface area contributed by atoms with E-state index < -0.39 is 0 Å². The number of hydrogen-bond donors (Lipinski definition) is 0. The Labute approximate surface area is 134 Å². The highest BCUT2D eigenvalue weighted by atomic mass is 16.5. The summed E-state index contributed by atoms with van der Waals surface area (Å²) in [4.78, 5) is 14.4. The van der Waals surface area contributed by atoms with E-state index in [1.54, 1.807) is 6.08 Å². The van der Waals surface area contributed by atoms with Gasteiger partial charge in [-0.3, -0.25) is 4.79 Å². The van der Waals surface area contributed by atoms with Crippen molar-refractivity contribution in [1.82, 2.24) is 0 Å². The van der Waals surface area contributed by atoms with Gasteiger partial charge in [-0.1, -0.05) is 48.5 Å². The van der Waals surface area contributed by atoms with Crippen molar-refractivity contribution >= 4 is 22.2 Å². The van der Waals surface area contributed by atoms with Crippen LogP contribution < -0.4 is 9.64 Å². The van der Waals surface area contributed by atoms with E-state index in [1.165, 1.54) is 0 Å². The molecule has 1 heterocycles. The van der Waals surface area contributed by atoms with Crippen molar-refractivity contribution < 1.29 is 9.53 Å². The molecule has 0 saturated carbocycles. The van der Waals surface area contributed by atoms with Crippen LogP contribution in [-0.4, -0.2) is 12.8 Å². The predicted octanol–water partition coefficient (Wildman–Crippen LogP) is 4.39. The normalized spacial score (nSPS) is 14.8. The summed E-state index contributed by atoms with van der Waals surface area (Å²) in [5.41, 5.74) is 1.62. The molecule has 0 aliphatic carbocycles. The number of anilines is 1. The topological polar surface area (TPSA) is 29.5 Å². The van der Waals surface area contributed by atoms with Gasteiger partial charge in [0.15, 0.2) is 11.5 Å². The maximum atomic E-state index is 12.6. The van der Waals surface area contributed by atoms with Crippen LogP contribution in [0, 0.1) is 0 Å². The molecule has 0 aromatic heterocycles. The van der Waals surface area contributed by atoms with E-state index in [9.17, 15) is 4.79 Å². The lowest BCUT2D eigenvalue weighted by molar-refractivity contribution is 0.104. The van der Waals surface area contributed by atoms with Gasteiger partial charge in [0.2, 0.25) is 5.88 Å². The first-order chi connectivity index (χ1) is 11.2. The van der Waals surface area contributed by atoms with Crippen molar-refractivity contribution in [3.8, 4) is 5.75 Å². The number of carbonyl (C=O) groups excluding carboxylic acids is 1. The van der Waals surface area contributed by atoms with Crippen molar-refractivity contribution in [2.45, 2.75) is 0 Å². The van der Waals surface area contributed by atoms with Crippen molar-refractivity contribution in [1.29, 1.82) is 0 Å². The van der Waals surface area contributed by atoms with Gasteiger partial charge in [-0.25, -0.2) is 0 Å². The minimum absolute atomic E-state index is 0.0644. The quantitative estimate of drug-likeness (QED) is 0.519. The minimum atomic E-state index is -0.0644. The molecule has 0 fully saturated rings. The van der Waals surface area contributed by atoms with Gasteiger partial charge < -0.3 is 9.64 Å². The summed E-state index contributed by atoms with van der Waals surface area (Å²) >= 11 is 0. The van der Waals surface area contributed by atoms with Crippen LogP contribution in [0.2, 0.25) is 0 Å². The number of rotatable bonds is 2. The third-order valence-electron chi connectivity index (χ3n) is 4.06. The lowest BCUT2D eigenvalue weighted by Crippen LogP contribution is -2.15. The monoisotopic (exact) mass is 301 g/mol. The van der Waals surface area contributed by atoms with E-state index in [1.807, 2.05) is 78.7 Å². The highest BCUT2D eigenvalue weighted by molar-refractivity contribution is 6.07. The van der Waals surface area contributed by atoms with Crippen LogP contribution in [0.15, 0.2) is 78.7 Å². The van der Waals surface area contributed by atoms with Gasteiger partial charge >= 0.3 is 0 Å². The summed E-state index contributed by atoms with van der Waals surface area (Å²) in [5.74, 6) is 1.25. The molecule has 0 radical (unpaired) electrons. The number of carbonyl (C=O) groups is 1. The van der Waals surface area contributed by atoms with E-state index in [0.29, 0.717) is 11.4 Å². The highest BCUT2D eigenvalue weighted by Gasteiger charge is 2.23. The van der Waals surface area contributed by atoms with Gasteiger partial charge in [0, 0.05) is 18.7 Å². The van der Waals surface area contributed by atoms with Crippen LogP contribution in [-0.2, 0) is 0 Å². The molecule has 0 bridgehead atoms. The first-order valence-corrected chi connectivity index (χ1v) is 7.48. The van der Waals surface area contributed by atoms with E-state index in [-0.39, 0.29) is 5.78 Å². The summed E-state index contributed by atoms with van der Waals surface area (Å²) in [5, 5.41) is 2.18. The van der Waals surface area contributed by atoms with Crippen molar-refractivity contribution in [3.05, 3.63) is 84.3 Å². The predicted molar refractivity (Wildman–Crippen MR) is 91.8 cm³/mol. The number of para-hydroxylation sites is 2. The first kappa shape index (κ1) is 13.6. The minimum Gasteiger partial charge on any atom is -0.438 e. The van der Waals surface area contributed by atoms with Gasteiger partial charge in [0.05, 0.1) is 5.69 Å². The van der Waals surface area contributed by atoms with Crippen LogP contribution >= 0.6 is 0 Å². The van der Waals surface area contributed by atoms with Crippen LogP contribution in [0.3, 0.4) is 0 Å². The molecule has 3 heteroatoms. The largest absolute Gasteiger partial charge is 0.438 e. The molecule has 1 aliphatic rings. The molecule has 112 valence electrons. The van der Waals surface area contributed by atoms with Gasteiger partial charge in [-0.05, 0) is 29.0 Å². The zero-order valence-corrected chi connectivity index (χ0v) is 12.7. The second-order valence-electron chi connectivity index (χ2n) is 5.54. The third kappa shape index (κ3) is 2.36. The molecule has 0 unspecified atom stereocenters.